The number of amides is 1. The molecule has 1 atom stereocenters. The highest BCUT2D eigenvalue weighted by molar-refractivity contribution is 7.98. The van der Waals surface area contributed by atoms with Crippen LogP contribution in [0.25, 0.3) is 0 Å². The summed E-state index contributed by atoms with van der Waals surface area (Å²) < 4.78 is 5.23. The normalized spacial score (nSPS) is 15.6. The molecule has 2 heterocycles. The van der Waals surface area contributed by atoms with Gasteiger partial charge in [-0.3, -0.25) is 4.79 Å². The van der Waals surface area contributed by atoms with Gasteiger partial charge in [0.25, 0.3) is 5.91 Å². The first-order valence-electron chi connectivity index (χ1n) is 10.5. The number of halogens is 1. The van der Waals surface area contributed by atoms with Crippen molar-refractivity contribution >= 4 is 29.3 Å². The number of aryl methyl sites for hydroxylation is 2. The number of carbonyl (C=O) groups excluding carboxylic acids is 1. The molecule has 0 saturated carbocycles. The highest BCUT2D eigenvalue weighted by Gasteiger charge is 2.17. The number of hydrogen-bond acceptors (Lipinski definition) is 6. The maximum atomic E-state index is 12.9. The van der Waals surface area contributed by atoms with E-state index in [1.54, 1.807) is 12.3 Å². The van der Waals surface area contributed by atoms with E-state index in [1.165, 1.54) is 11.8 Å². The third kappa shape index (κ3) is 6.37. The van der Waals surface area contributed by atoms with E-state index < -0.39 is 0 Å². The number of carbonyl (C=O) groups is 1. The van der Waals surface area contributed by atoms with Crippen LogP contribution in [0.3, 0.4) is 0 Å². The predicted molar refractivity (Wildman–Crippen MR) is 125 cm³/mol. The number of thioether (sulfide) groups is 1. The van der Waals surface area contributed by atoms with Crippen LogP contribution in [-0.2, 0) is 5.75 Å². The number of aromatic nitrogens is 2. The fraction of sp³-hybridized carbons (Fsp3) is 0.435. The molecule has 0 bridgehead atoms. The lowest BCUT2D eigenvalue weighted by atomic mass is 10.1. The topological polar surface area (TPSA) is 71.3 Å². The number of hydrogen-bond donors (Lipinski definition) is 1. The van der Waals surface area contributed by atoms with Crippen molar-refractivity contribution in [3.8, 4) is 0 Å². The smallest absolute Gasteiger partial charge is 0.254 e. The second kappa shape index (κ2) is 11.4. The molecule has 6 nitrogen and oxygen atoms in total. The molecule has 1 unspecified atom stereocenters. The van der Waals surface area contributed by atoms with E-state index in [0.29, 0.717) is 22.9 Å². The van der Waals surface area contributed by atoms with Crippen LogP contribution in [-0.4, -0.2) is 46.0 Å². The van der Waals surface area contributed by atoms with Gasteiger partial charge < -0.3 is 14.7 Å². The van der Waals surface area contributed by atoms with Crippen LogP contribution >= 0.6 is 23.4 Å². The van der Waals surface area contributed by atoms with Gasteiger partial charge in [0.1, 0.15) is 10.8 Å². The van der Waals surface area contributed by atoms with E-state index >= 15 is 0 Å². The van der Waals surface area contributed by atoms with Crippen molar-refractivity contribution < 1.29 is 9.32 Å². The van der Waals surface area contributed by atoms with Gasteiger partial charge in [0.15, 0.2) is 0 Å². The minimum absolute atomic E-state index is 0.0293. The Labute approximate surface area is 193 Å². The second-order valence-corrected chi connectivity index (χ2v) is 8.96. The molecule has 3 rings (SSSR count). The molecule has 0 spiro atoms. The van der Waals surface area contributed by atoms with Crippen molar-refractivity contribution in [2.24, 2.45) is 0 Å². The third-order valence-electron chi connectivity index (χ3n) is 5.08. The summed E-state index contributed by atoms with van der Waals surface area (Å²) in [6, 6.07) is 3.60. The summed E-state index contributed by atoms with van der Waals surface area (Å²) in [6.07, 6.45) is 9.89. The summed E-state index contributed by atoms with van der Waals surface area (Å²) in [5.74, 6) is 1.34. The molecule has 1 amide bonds. The highest BCUT2D eigenvalue weighted by Crippen LogP contribution is 2.27. The van der Waals surface area contributed by atoms with Crippen molar-refractivity contribution in [1.29, 1.82) is 0 Å². The average molecular weight is 461 g/mol. The highest BCUT2D eigenvalue weighted by atomic mass is 35.5. The van der Waals surface area contributed by atoms with Gasteiger partial charge in [0.05, 0.1) is 16.6 Å². The zero-order chi connectivity index (χ0) is 22.2. The van der Waals surface area contributed by atoms with Crippen LogP contribution in [0.2, 0.25) is 0 Å². The molecule has 166 valence electrons. The van der Waals surface area contributed by atoms with Gasteiger partial charge in [-0.15, -0.1) is 23.4 Å². The number of nitrogens with one attached hydrogen (secondary N) is 1. The largest absolute Gasteiger partial charge is 0.370 e. The van der Waals surface area contributed by atoms with E-state index in [4.69, 9.17) is 16.1 Å². The van der Waals surface area contributed by atoms with Gasteiger partial charge in [0.2, 0.25) is 0 Å². The van der Waals surface area contributed by atoms with Crippen molar-refractivity contribution in [3.05, 3.63) is 64.8 Å². The summed E-state index contributed by atoms with van der Waals surface area (Å²) in [6.45, 7) is 8.15. The van der Waals surface area contributed by atoms with Gasteiger partial charge in [-0.2, -0.15) is 0 Å². The van der Waals surface area contributed by atoms with Gasteiger partial charge in [0, 0.05) is 42.8 Å². The Morgan fingerprint density at radius 1 is 1.39 bits per heavy atom. The summed E-state index contributed by atoms with van der Waals surface area (Å²) in [4.78, 5) is 19.6. The maximum Gasteiger partial charge on any atom is 0.254 e. The van der Waals surface area contributed by atoms with Crippen LogP contribution in [0.15, 0.2) is 51.8 Å². The molecule has 1 N–H and O–H groups in total. The first kappa shape index (κ1) is 23.4. The van der Waals surface area contributed by atoms with Crippen molar-refractivity contribution in [1.82, 2.24) is 20.4 Å². The number of pyridine rings is 1. The number of alkyl halides is 1. The molecule has 31 heavy (non-hydrogen) atoms. The molecule has 0 saturated heterocycles. The van der Waals surface area contributed by atoms with Gasteiger partial charge in [-0.05, 0) is 51.0 Å². The summed E-state index contributed by atoms with van der Waals surface area (Å²) in [7, 11) is 0. The first-order valence-corrected chi connectivity index (χ1v) is 12.0. The Kier molecular flexibility index (Phi) is 8.60. The van der Waals surface area contributed by atoms with Gasteiger partial charge in [-0.1, -0.05) is 18.2 Å². The molecule has 0 fully saturated rings. The molecule has 2 aromatic heterocycles. The zero-order valence-electron chi connectivity index (χ0n) is 18.2. The van der Waals surface area contributed by atoms with E-state index in [-0.39, 0.29) is 11.3 Å². The Morgan fingerprint density at radius 3 is 2.94 bits per heavy atom. The summed E-state index contributed by atoms with van der Waals surface area (Å²) in [5, 5.41) is 7.77. The van der Waals surface area contributed by atoms with Gasteiger partial charge in [-0.25, -0.2) is 4.98 Å². The van der Waals surface area contributed by atoms with E-state index in [0.717, 1.165) is 48.6 Å². The van der Waals surface area contributed by atoms with Gasteiger partial charge >= 0.3 is 0 Å². The Morgan fingerprint density at radius 2 is 2.23 bits per heavy atom. The summed E-state index contributed by atoms with van der Waals surface area (Å²) >= 11 is 7.80. The Hall–Kier alpha value is -2.25. The monoisotopic (exact) mass is 460 g/mol. The second-order valence-electron chi connectivity index (χ2n) is 7.44. The molecular weight excluding hydrogens is 432 g/mol. The third-order valence-corrected chi connectivity index (χ3v) is 6.41. The Bertz CT molecular complexity index is 937. The van der Waals surface area contributed by atoms with Crippen LogP contribution in [0, 0.1) is 13.8 Å². The zero-order valence-corrected chi connectivity index (χ0v) is 19.8. The molecule has 2 aromatic rings. The summed E-state index contributed by atoms with van der Waals surface area (Å²) in [5.41, 5.74) is 3.62. The fourth-order valence-electron chi connectivity index (χ4n) is 3.41. The van der Waals surface area contributed by atoms with E-state index in [9.17, 15) is 4.79 Å². The molecule has 1 aliphatic rings. The molecule has 0 radical (unpaired) electrons. The van der Waals surface area contributed by atoms with E-state index in [1.807, 2.05) is 19.9 Å². The van der Waals surface area contributed by atoms with Crippen LogP contribution < -0.4 is 5.32 Å². The number of rotatable bonds is 10. The fourth-order valence-corrected chi connectivity index (χ4v) is 4.78. The molecule has 0 aromatic carbocycles. The first-order chi connectivity index (χ1) is 15.0. The SMILES string of the molecule is CCCN(CCNC(=O)c1cccnc1SCc1c(C)noc1C)C1=CC(Cl)CC=C1. The van der Waals surface area contributed by atoms with Crippen LogP contribution in [0.5, 0.6) is 0 Å². The van der Waals surface area contributed by atoms with Crippen LogP contribution in [0.4, 0.5) is 0 Å². The van der Waals surface area contributed by atoms with Crippen molar-refractivity contribution in [2.75, 3.05) is 19.6 Å². The molecule has 0 aliphatic heterocycles. The van der Waals surface area contributed by atoms with Crippen molar-refractivity contribution in [2.45, 2.75) is 49.8 Å². The van der Waals surface area contributed by atoms with Crippen molar-refractivity contribution in [3.63, 3.8) is 0 Å². The molecule has 1 aliphatic carbocycles. The minimum Gasteiger partial charge on any atom is -0.370 e. The quantitative estimate of drug-likeness (QED) is 0.402. The molecular formula is C23H29ClN4O2S. The Balaban J connectivity index is 1.59. The number of nitrogens with zero attached hydrogens (tertiary/aromatic N) is 3. The van der Waals surface area contributed by atoms with E-state index in [2.05, 4.69) is 45.5 Å². The minimum atomic E-state index is -0.116. The average Bonchev–Trinajstić information content (AvgIpc) is 3.09. The standard InChI is InChI=1S/C23H29ClN4O2S/c1-4-12-28(19-8-5-7-18(24)14-19)13-11-25-22(29)20-9-6-10-26-23(20)31-15-21-16(2)27-30-17(21)3/h5-6,8-10,14,18H,4,7,11-13,15H2,1-3H3,(H,25,29). The van der Waals surface area contributed by atoms with Crippen LogP contribution in [0.1, 0.15) is 47.1 Å². The lowest BCUT2D eigenvalue weighted by Gasteiger charge is -2.27. The lowest BCUT2D eigenvalue weighted by Crippen LogP contribution is -2.35. The predicted octanol–water partition coefficient (Wildman–Crippen LogP) is 4.87. The molecule has 8 heteroatoms. The maximum absolute atomic E-state index is 12.9. The number of allylic oxidation sites excluding steroid dienone is 3. The lowest BCUT2D eigenvalue weighted by molar-refractivity contribution is 0.0946.